The van der Waals surface area contributed by atoms with Crippen LogP contribution in [-0.4, -0.2) is 48.9 Å². The van der Waals surface area contributed by atoms with Crippen LogP contribution in [0.15, 0.2) is 12.1 Å². The van der Waals surface area contributed by atoms with Crippen molar-refractivity contribution in [3.05, 3.63) is 23.5 Å². The summed E-state index contributed by atoms with van der Waals surface area (Å²) in [4.78, 5) is 2.22. The van der Waals surface area contributed by atoms with Gasteiger partial charge < -0.3 is 25.2 Å². The molecule has 116 valence electrons. The van der Waals surface area contributed by atoms with Crippen LogP contribution in [0.2, 0.25) is 0 Å². The molecule has 0 unspecified atom stereocenters. The number of halogens is 1. The third-order valence-corrected chi connectivity index (χ3v) is 4.03. The molecule has 1 saturated heterocycles. The van der Waals surface area contributed by atoms with E-state index in [4.69, 9.17) is 15.2 Å². The number of fused-ring (bicyclic) bond motifs is 1. The van der Waals surface area contributed by atoms with Crippen LogP contribution >= 0.6 is 0 Å². The fraction of sp³-hybridized carbons (Fsp3) is 0.600. The Kier molecular flexibility index (Phi) is 4.28. The Morgan fingerprint density at radius 3 is 2.71 bits per heavy atom. The molecule has 0 aliphatic carbocycles. The summed E-state index contributed by atoms with van der Waals surface area (Å²) in [5.41, 5.74) is 6.50. The van der Waals surface area contributed by atoms with Crippen LogP contribution in [0.4, 0.5) is 4.39 Å². The van der Waals surface area contributed by atoms with Gasteiger partial charge >= 0.3 is 0 Å². The molecule has 3 N–H and O–H groups in total. The maximum absolute atomic E-state index is 14.0. The van der Waals surface area contributed by atoms with Gasteiger partial charge in [0.25, 0.3) is 0 Å². The molecule has 2 atom stereocenters. The van der Waals surface area contributed by atoms with Gasteiger partial charge in [-0.2, -0.15) is 0 Å². The molecule has 1 fully saturated rings. The third kappa shape index (κ3) is 3.12. The highest BCUT2D eigenvalue weighted by Crippen LogP contribution is 2.36. The highest BCUT2D eigenvalue weighted by atomic mass is 19.1. The molecule has 0 saturated carbocycles. The van der Waals surface area contributed by atoms with Gasteiger partial charge in [-0.1, -0.05) is 0 Å². The number of rotatable bonds is 4. The summed E-state index contributed by atoms with van der Waals surface area (Å²) in [7, 11) is 0. The quantitative estimate of drug-likeness (QED) is 0.869. The van der Waals surface area contributed by atoms with Crippen molar-refractivity contribution in [2.24, 2.45) is 5.73 Å². The second-order valence-electron chi connectivity index (χ2n) is 5.64. The zero-order chi connectivity index (χ0) is 14.8. The number of aliphatic hydroxyl groups is 1. The lowest BCUT2D eigenvalue weighted by atomic mass is 10.0. The van der Waals surface area contributed by atoms with Gasteiger partial charge in [0, 0.05) is 12.6 Å². The molecule has 21 heavy (non-hydrogen) atoms. The van der Waals surface area contributed by atoms with Crippen LogP contribution in [0.3, 0.4) is 0 Å². The number of nitrogens with zero attached hydrogens (tertiary/aromatic N) is 1. The van der Waals surface area contributed by atoms with E-state index in [1.54, 1.807) is 6.07 Å². The SMILES string of the molecule is N[C@H](CN1CCCC1)[C@H](O)c1cc(F)c2c(c1)OCCO2. The van der Waals surface area contributed by atoms with E-state index >= 15 is 0 Å². The van der Waals surface area contributed by atoms with Crippen LogP contribution in [0.5, 0.6) is 11.5 Å². The predicted molar refractivity (Wildman–Crippen MR) is 76.0 cm³/mol. The fourth-order valence-electron chi connectivity index (χ4n) is 2.91. The number of aliphatic hydroxyl groups excluding tert-OH is 1. The van der Waals surface area contributed by atoms with Crippen molar-refractivity contribution in [2.75, 3.05) is 32.8 Å². The smallest absolute Gasteiger partial charge is 0.197 e. The van der Waals surface area contributed by atoms with Crippen molar-refractivity contribution in [3.63, 3.8) is 0 Å². The van der Waals surface area contributed by atoms with Crippen LogP contribution in [0, 0.1) is 5.82 Å². The Hall–Kier alpha value is -1.37. The second-order valence-corrected chi connectivity index (χ2v) is 5.64. The monoisotopic (exact) mass is 296 g/mol. The molecule has 3 rings (SSSR count). The lowest BCUT2D eigenvalue weighted by molar-refractivity contribution is 0.122. The molecule has 2 aliphatic rings. The third-order valence-electron chi connectivity index (χ3n) is 4.03. The van der Waals surface area contributed by atoms with Gasteiger partial charge in [0.15, 0.2) is 17.3 Å². The summed E-state index contributed by atoms with van der Waals surface area (Å²) >= 11 is 0. The Morgan fingerprint density at radius 1 is 1.24 bits per heavy atom. The molecule has 0 radical (unpaired) electrons. The Labute approximate surface area is 123 Å². The Morgan fingerprint density at radius 2 is 1.95 bits per heavy atom. The summed E-state index contributed by atoms with van der Waals surface area (Å²) in [6.45, 7) is 3.34. The van der Waals surface area contributed by atoms with Crippen molar-refractivity contribution >= 4 is 0 Å². The topological polar surface area (TPSA) is 68.0 Å². The Bertz CT molecular complexity index is 506. The Balaban J connectivity index is 1.74. The lowest BCUT2D eigenvalue weighted by Crippen LogP contribution is -2.40. The summed E-state index contributed by atoms with van der Waals surface area (Å²) in [5, 5.41) is 10.4. The van der Waals surface area contributed by atoms with Gasteiger partial charge in [-0.15, -0.1) is 0 Å². The molecule has 5 nitrogen and oxygen atoms in total. The number of nitrogens with two attached hydrogens (primary N) is 1. The molecular formula is C15H21FN2O3. The van der Waals surface area contributed by atoms with Crippen molar-refractivity contribution < 1.29 is 19.0 Å². The molecule has 1 aromatic rings. The fourth-order valence-corrected chi connectivity index (χ4v) is 2.91. The summed E-state index contributed by atoms with van der Waals surface area (Å²) in [6.07, 6.45) is 1.42. The summed E-state index contributed by atoms with van der Waals surface area (Å²) in [5.74, 6) is -0.0661. The minimum atomic E-state index is -0.920. The van der Waals surface area contributed by atoms with Gasteiger partial charge in [0.05, 0.1) is 6.10 Å². The van der Waals surface area contributed by atoms with Crippen molar-refractivity contribution in [1.29, 1.82) is 0 Å². The van der Waals surface area contributed by atoms with Crippen molar-refractivity contribution in [1.82, 2.24) is 4.90 Å². The van der Waals surface area contributed by atoms with E-state index in [2.05, 4.69) is 4.90 Å². The van der Waals surface area contributed by atoms with Crippen LogP contribution in [-0.2, 0) is 0 Å². The number of likely N-dealkylation sites (tertiary alicyclic amines) is 1. The highest BCUT2D eigenvalue weighted by Gasteiger charge is 2.25. The van der Waals surface area contributed by atoms with E-state index in [1.807, 2.05) is 0 Å². The molecule has 1 aromatic carbocycles. The number of hydrogen-bond donors (Lipinski definition) is 2. The molecule has 0 bridgehead atoms. The van der Waals surface area contributed by atoms with Gasteiger partial charge in [0.1, 0.15) is 13.2 Å². The van der Waals surface area contributed by atoms with Crippen LogP contribution < -0.4 is 15.2 Å². The van der Waals surface area contributed by atoms with E-state index in [0.29, 0.717) is 31.1 Å². The number of hydrogen-bond acceptors (Lipinski definition) is 5. The summed E-state index contributed by atoms with van der Waals surface area (Å²) < 4.78 is 24.6. The average Bonchev–Trinajstić information content (AvgIpc) is 2.99. The first-order chi connectivity index (χ1) is 10.1. The standard InChI is InChI=1S/C15H21FN2O3/c16-11-7-10(8-13-15(11)21-6-5-20-13)14(19)12(17)9-18-3-1-2-4-18/h7-8,12,14,19H,1-6,9,17H2/t12-,14-/m1/s1. The van der Waals surface area contributed by atoms with Gasteiger partial charge in [-0.3, -0.25) is 0 Å². The van der Waals surface area contributed by atoms with Crippen molar-refractivity contribution in [2.45, 2.75) is 25.0 Å². The minimum Gasteiger partial charge on any atom is -0.486 e. The first kappa shape index (κ1) is 14.6. The van der Waals surface area contributed by atoms with E-state index in [-0.39, 0.29) is 5.75 Å². The van der Waals surface area contributed by atoms with Crippen LogP contribution in [0.25, 0.3) is 0 Å². The van der Waals surface area contributed by atoms with E-state index in [9.17, 15) is 9.50 Å². The molecule has 0 amide bonds. The maximum atomic E-state index is 14.0. The molecular weight excluding hydrogens is 275 g/mol. The lowest BCUT2D eigenvalue weighted by Gasteiger charge is -2.26. The molecule has 0 spiro atoms. The van der Waals surface area contributed by atoms with E-state index in [1.165, 1.54) is 18.9 Å². The first-order valence-electron chi connectivity index (χ1n) is 7.40. The molecule has 2 heterocycles. The van der Waals surface area contributed by atoms with Gasteiger partial charge in [-0.05, 0) is 43.6 Å². The van der Waals surface area contributed by atoms with Crippen LogP contribution in [0.1, 0.15) is 24.5 Å². The maximum Gasteiger partial charge on any atom is 0.197 e. The minimum absolute atomic E-state index is 0.116. The molecule has 6 heteroatoms. The van der Waals surface area contributed by atoms with Gasteiger partial charge in [0.2, 0.25) is 0 Å². The average molecular weight is 296 g/mol. The molecule has 0 aromatic heterocycles. The molecule has 2 aliphatic heterocycles. The second kappa shape index (κ2) is 6.17. The largest absolute Gasteiger partial charge is 0.486 e. The zero-order valence-corrected chi connectivity index (χ0v) is 11.9. The van der Waals surface area contributed by atoms with E-state index in [0.717, 1.165) is 13.1 Å². The highest BCUT2D eigenvalue weighted by molar-refractivity contribution is 5.46. The van der Waals surface area contributed by atoms with Gasteiger partial charge in [-0.25, -0.2) is 4.39 Å². The summed E-state index contributed by atoms with van der Waals surface area (Å²) in [6, 6.07) is 2.44. The zero-order valence-electron chi connectivity index (χ0n) is 11.9. The number of benzene rings is 1. The predicted octanol–water partition coefficient (Wildman–Crippen LogP) is 1.05. The normalized spacial score (nSPS) is 21.3. The number of ether oxygens (including phenoxy) is 2. The van der Waals surface area contributed by atoms with E-state index < -0.39 is 18.0 Å². The van der Waals surface area contributed by atoms with Crippen molar-refractivity contribution in [3.8, 4) is 11.5 Å². The first-order valence-corrected chi connectivity index (χ1v) is 7.40.